The topological polar surface area (TPSA) is 46.5 Å². The lowest BCUT2D eigenvalue weighted by Gasteiger charge is -2.33. The quantitative estimate of drug-likeness (QED) is 0.159. The van der Waals surface area contributed by atoms with Crippen LogP contribution in [0.25, 0.3) is 11.1 Å². The molecule has 5 rings (SSSR count). The van der Waals surface area contributed by atoms with E-state index >= 15 is 0 Å². The fraction of sp³-hybridized carbons (Fsp3) is 0.488. The minimum absolute atomic E-state index is 0.146. The van der Waals surface area contributed by atoms with Crippen molar-refractivity contribution < 1.29 is 14.6 Å². The Balaban J connectivity index is 1.08. The van der Waals surface area contributed by atoms with Gasteiger partial charge in [0.1, 0.15) is 0 Å². The molecule has 0 aromatic heterocycles. The van der Waals surface area contributed by atoms with Gasteiger partial charge in [0.05, 0.1) is 6.61 Å². The first-order chi connectivity index (χ1) is 21.4. The van der Waals surface area contributed by atoms with E-state index in [-0.39, 0.29) is 18.5 Å². The first-order valence-electron chi connectivity index (χ1n) is 17.2. The zero-order valence-electron chi connectivity index (χ0n) is 27.0. The molecule has 2 unspecified atom stereocenters. The fourth-order valence-corrected chi connectivity index (χ4v) is 7.57. The molecule has 0 bridgehead atoms. The molecule has 1 N–H and O–H groups in total. The average Bonchev–Trinajstić information content (AvgIpc) is 3.06. The zero-order chi connectivity index (χ0) is 30.9. The lowest BCUT2D eigenvalue weighted by atomic mass is 9.73. The van der Waals surface area contributed by atoms with Crippen LogP contribution in [0, 0.1) is 17.8 Å². The maximum Gasteiger partial charge on any atom is 0.333 e. The Labute approximate surface area is 265 Å². The Morgan fingerprint density at radius 2 is 1.57 bits per heavy atom. The van der Waals surface area contributed by atoms with Crippen molar-refractivity contribution >= 4 is 5.97 Å². The number of esters is 1. The van der Waals surface area contributed by atoms with Gasteiger partial charge in [0.15, 0.2) is 0 Å². The van der Waals surface area contributed by atoms with E-state index in [2.05, 4.69) is 80.2 Å². The van der Waals surface area contributed by atoms with E-state index in [0.29, 0.717) is 30.4 Å². The molecule has 44 heavy (non-hydrogen) atoms. The second-order valence-corrected chi connectivity index (χ2v) is 13.6. The third-order valence-electron chi connectivity index (χ3n) is 10.4. The summed E-state index contributed by atoms with van der Waals surface area (Å²) >= 11 is 0. The molecule has 0 spiro atoms. The van der Waals surface area contributed by atoms with Gasteiger partial charge in [0.25, 0.3) is 0 Å². The summed E-state index contributed by atoms with van der Waals surface area (Å²) in [6.07, 6.45) is 13.7. The van der Waals surface area contributed by atoms with E-state index in [1.165, 1.54) is 71.0 Å². The Hall–Kier alpha value is -3.17. The maximum absolute atomic E-state index is 11.9. The minimum atomic E-state index is -0.320. The van der Waals surface area contributed by atoms with Crippen LogP contribution >= 0.6 is 0 Å². The smallest absolute Gasteiger partial charge is 0.333 e. The standard InChI is InChI=1S/C41H52O3/c1-4-5-30-8-14-33(15-9-30)36-20-22-39-27-37(21-23-38(39)26-36)34-16-10-31(11-17-34)6-7-32-12-18-35(19-13-32)40(24-25-42)28-44-41(43)29(2)3/h8-11,14-17,20,22,26,32,35,37,40,42H,2,4-7,12-13,18-19,21,23-25,27-28H2,1,3H3. The summed E-state index contributed by atoms with van der Waals surface area (Å²) in [5.41, 5.74) is 10.5. The summed E-state index contributed by atoms with van der Waals surface area (Å²) in [6.45, 7) is 8.14. The lowest BCUT2D eigenvalue weighted by molar-refractivity contribution is -0.141. The molecule has 2 aliphatic carbocycles. The van der Waals surface area contributed by atoms with Crippen LogP contribution in [-0.2, 0) is 35.2 Å². The van der Waals surface area contributed by atoms with Crippen molar-refractivity contribution in [1.29, 1.82) is 0 Å². The molecular weight excluding hydrogens is 540 g/mol. The monoisotopic (exact) mass is 592 g/mol. The molecule has 1 saturated carbocycles. The number of aliphatic hydroxyl groups excluding tert-OH is 1. The van der Waals surface area contributed by atoms with E-state index in [4.69, 9.17) is 4.74 Å². The van der Waals surface area contributed by atoms with E-state index < -0.39 is 0 Å². The van der Waals surface area contributed by atoms with Gasteiger partial charge in [-0.3, -0.25) is 0 Å². The van der Waals surface area contributed by atoms with Crippen LogP contribution in [0.3, 0.4) is 0 Å². The highest BCUT2D eigenvalue weighted by atomic mass is 16.5. The molecule has 1 fully saturated rings. The maximum atomic E-state index is 11.9. The van der Waals surface area contributed by atoms with Crippen molar-refractivity contribution in [2.45, 2.75) is 96.8 Å². The van der Waals surface area contributed by atoms with Crippen LogP contribution in [-0.4, -0.2) is 24.3 Å². The Morgan fingerprint density at radius 3 is 2.25 bits per heavy atom. The first-order valence-corrected chi connectivity index (χ1v) is 17.2. The molecule has 0 amide bonds. The van der Waals surface area contributed by atoms with E-state index in [1.807, 2.05) is 0 Å². The van der Waals surface area contributed by atoms with Gasteiger partial charge in [-0.1, -0.05) is 99.5 Å². The molecule has 0 saturated heterocycles. The van der Waals surface area contributed by atoms with Gasteiger partial charge in [0.2, 0.25) is 0 Å². The van der Waals surface area contributed by atoms with Crippen molar-refractivity contribution in [3.05, 3.63) is 107 Å². The highest BCUT2D eigenvalue weighted by molar-refractivity contribution is 5.86. The van der Waals surface area contributed by atoms with Gasteiger partial charge in [-0.05, 0) is 127 Å². The largest absolute Gasteiger partial charge is 0.462 e. The number of rotatable bonds is 13. The average molecular weight is 593 g/mol. The van der Waals surface area contributed by atoms with E-state index in [9.17, 15) is 9.90 Å². The number of aryl methyl sites for hydroxylation is 3. The summed E-state index contributed by atoms with van der Waals surface area (Å²) in [4.78, 5) is 11.9. The number of fused-ring (bicyclic) bond motifs is 1. The van der Waals surface area contributed by atoms with Gasteiger partial charge < -0.3 is 9.84 Å². The molecule has 0 heterocycles. The minimum Gasteiger partial charge on any atom is -0.462 e. The van der Waals surface area contributed by atoms with Crippen LogP contribution in [0.2, 0.25) is 0 Å². The summed E-state index contributed by atoms with van der Waals surface area (Å²) in [5.74, 6) is 1.81. The van der Waals surface area contributed by atoms with Crippen LogP contribution in [0.5, 0.6) is 0 Å². The summed E-state index contributed by atoms with van der Waals surface area (Å²) in [6, 6.07) is 25.8. The summed E-state index contributed by atoms with van der Waals surface area (Å²) in [7, 11) is 0. The van der Waals surface area contributed by atoms with Crippen LogP contribution in [0.1, 0.15) is 98.9 Å². The normalized spacial score (nSPS) is 20.5. The van der Waals surface area contributed by atoms with Crippen molar-refractivity contribution in [2.75, 3.05) is 13.2 Å². The second-order valence-electron chi connectivity index (χ2n) is 13.6. The van der Waals surface area contributed by atoms with Gasteiger partial charge >= 0.3 is 5.97 Å². The van der Waals surface area contributed by atoms with Gasteiger partial charge in [-0.2, -0.15) is 0 Å². The highest BCUT2D eigenvalue weighted by Gasteiger charge is 2.28. The van der Waals surface area contributed by atoms with Gasteiger partial charge in [-0.15, -0.1) is 0 Å². The van der Waals surface area contributed by atoms with Crippen LogP contribution in [0.4, 0.5) is 0 Å². The predicted molar refractivity (Wildman–Crippen MR) is 182 cm³/mol. The number of carbonyl (C=O) groups is 1. The van der Waals surface area contributed by atoms with Gasteiger partial charge in [0, 0.05) is 12.2 Å². The van der Waals surface area contributed by atoms with Gasteiger partial charge in [-0.25, -0.2) is 4.79 Å². The van der Waals surface area contributed by atoms with Crippen LogP contribution < -0.4 is 0 Å². The number of carbonyl (C=O) groups excluding carboxylic acids is 1. The van der Waals surface area contributed by atoms with Crippen molar-refractivity contribution in [3.63, 3.8) is 0 Å². The molecule has 2 atom stereocenters. The Morgan fingerprint density at radius 1 is 0.886 bits per heavy atom. The summed E-state index contributed by atoms with van der Waals surface area (Å²) in [5, 5.41) is 9.56. The number of aliphatic hydroxyl groups is 1. The summed E-state index contributed by atoms with van der Waals surface area (Å²) < 4.78 is 5.46. The number of ether oxygens (including phenoxy) is 1. The fourth-order valence-electron chi connectivity index (χ4n) is 7.57. The van der Waals surface area contributed by atoms with Crippen molar-refractivity contribution in [1.82, 2.24) is 0 Å². The Bertz CT molecular complexity index is 1360. The molecule has 0 aliphatic heterocycles. The molecule has 3 nitrogen and oxygen atoms in total. The third kappa shape index (κ3) is 8.51. The third-order valence-corrected chi connectivity index (χ3v) is 10.4. The highest BCUT2D eigenvalue weighted by Crippen LogP contribution is 2.38. The molecule has 3 aromatic rings. The number of benzene rings is 3. The number of hydrogen-bond acceptors (Lipinski definition) is 3. The predicted octanol–water partition coefficient (Wildman–Crippen LogP) is 9.44. The molecule has 0 radical (unpaired) electrons. The molecule has 3 aromatic carbocycles. The molecule has 234 valence electrons. The van der Waals surface area contributed by atoms with E-state index in [1.54, 1.807) is 6.92 Å². The van der Waals surface area contributed by atoms with Crippen LogP contribution in [0.15, 0.2) is 78.9 Å². The first kappa shape index (κ1) is 32.2. The second kappa shape index (κ2) is 15.7. The SMILES string of the molecule is C=C(C)C(=O)OCC(CCO)C1CCC(CCc2ccc(C3CCc4cc(-c5ccc(CCC)cc5)ccc4C3)cc2)CC1. The molecular formula is C41H52O3. The Kier molecular flexibility index (Phi) is 11.5. The van der Waals surface area contributed by atoms with Crippen molar-refractivity contribution in [3.8, 4) is 11.1 Å². The van der Waals surface area contributed by atoms with Crippen molar-refractivity contribution in [2.24, 2.45) is 17.8 Å². The zero-order valence-corrected chi connectivity index (χ0v) is 27.0. The molecule has 3 heteroatoms. The van der Waals surface area contributed by atoms with E-state index in [0.717, 1.165) is 44.4 Å². The lowest BCUT2D eigenvalue weighted by Crippen LogP contribution is -2.27. The molecule has 2 aliphatic rings. The number of hydrogen-bond donors (Lipinski definition) is 1.